The fourth-order valence-corrected chi connectivity index (χ4v) is 0.788. The Morgan fingerprint density at radius 2 is 2.31 bits per heavy atom. The van der Waals surface area contributed by atoms with Crippen molar-refractivity contribution >= 4 is 11.6 Å². The summed E-state index contributed by atoms with van der Waals surface area (Å²) in [5.74, 6) is 0.469. The molecule has 0 aliphatic carbocycles. The minimum absolute atomic E-state index is 0.0213. The molecule has 0 N–H and O–H groups in total. The monoisotopic (exact) mass is 204 g/mol. The van der Waals surface area contributed by atoms with Crippen molar-refractivity contribution in [2.24, 2.45) is 0 Å². The fraction of sp³-hybridized carbons (Fsp3) is 0.400. The lowest BCUT2D eigenvalue weighted by Gasteiger charge is -2.05. The standard InChI is InChI=1S/C10H14ClFO/c1-3-5-6-10(9(11)4-2)13-8-7-12/h4-6H,2-3,7-8H2,1H3/b6-5-,10-9-. The maximum absolute atomic E-state index is 11.8. The van der Waals surface area contributed by atoms with Crippen LogP contribution in [0.3, 0.4) is 0 Å². The van der Waals surface area contributed by atoms with Crippen molar-refractivity contribution in [3.63, 3.8) is 0 Å². The van der Waals surface area contributed by atoms with Gasteiger partial charge >= 0.3 is 0 Å². The van der Waals surface area contributed by atoms with Crippen LogP contribution in [0.15, 0.2) is 35.6 Å². The Morgan fingerprint density at radius 3 is 2.77 bits per heavy atom. The molecule has 0 radical (unpaired) electrons. The summed E-state index contributed by atoms with van der Waals surface area (Å²) in [6.07, 6.45) is 5.96. The summed E-state index contributed by atoms with van der Waals surface area (Å²) in [6.45, 7) is 4.99. The van der Waals surface area contributed by atoms with Crippen LogP contribution in [0.2, 0.25) is 0 Å². The van der Waals surface area contributed by atoms with Crippen LogP contribution in [0.4, 0.5) is 4.39 Å². The quantitative estimate of drug-likeness (QED) is 0.475. The first kappa shape index (κ1) is 12.2. The van der Waals surface area contributed by atoms with Gasteiger partial charge < -0.3 is 4.74 Å². The van der Waals surface area contributed by atoms with Gasteiger partial charge in [-0.25, -0.2) is 4.39 Å². The topological polar surface area (TPSA) is 9.23 Å². The lowest BCUT2D eigenvalue weighted by atomic mass is 10.3. The summed E-state index contributed by atoms with van der Waals surface area (Å²) in [5, 5.41) is 0.401. The second-order valence-corrected chi connectivity index (χ2v) is 2.67. The highest BCUT2D eigenvalue weighted by molar-refractivity contribution is 6.31. The van der Waals surface area contributed by atoms with Crippen LogP contribution in [0.25, 0.3) is 0 Å². The van der Waals surface area contributed by atoms with E-state index in [1.807, 2.05) is 13.0 Å². The van der Waals surface area contributed by atoms with Crippen LogP contribution in [-0.2, 0) is 4.74 Å². The molecule has 0 amide bonds. The van der Waals surface area contributed by atoms with Crippen molar-refractivity contribution in [1.29, 1.82) is 0 Å². The van der Waals surface area contributed by atoms with Gasteiger partial charge in [0.15, 0.2) is 0 Å². The highest BCUT2D eigenvalue weighted by Gasteiger charge is 1.98. The fourth-order valence-electron chi connectivity index (χ4n) is 0.671. The van der Waals surface area contributed by atoms with Crippen LogP contribution < -0.4 is 0 Å². The minimum Gasteiger partial charge on any atom is -0.489 e. The first-order valence-electron chi connectivity index (χ1n) is 4.13. The molecular formula is C10H14ClFO. The van der Waals surface area contributed by atoms with E-state index in [0.717, 1.165) is 6.42 Å². The number of hydrogen-bond acceptors (Lipinski definition) is 1. The van der Waals surface area contributed by atoms with E-state index in [-0.39, 0.29) is 6.61 Å². The van der Waals surface area contributed by atoms with Crippen molar-refractivity contribution in [2.75, 3.05) is 13.3 Å². The number of alkyl halides is 1. The normalized spacial score (nSPS) is 12.8. The van der Waals surface area contributed by atoms with Gasteiger partial charge in [-0.05, 0) is 18.6 Å². The molecule has 1 nitrogen and oxygen atoms in total. The third-order valence-corrected chi connectivity index (χ3v) is 1.59. The zero-order valence-corrected chi connectivity index (χ0v) is 8.48. The number of ether oxygens (including phenoxy) is 1. The van der Waals surface area contributed by atoms with Crippen LogP contribution in [0, 0.1) is 0 Å². The van der Waals surface area contributed by atoms with Crippen LogP contribution in [-0.4, -0.2) is 13.3 Å². The summed E-state index contributed by atoms with van der Waals surface area (Å²) >= 11 is 5.77. The average Bonchev–Trinajstić information content (AvgIpc) is 2.17. The Morgan fingerprint density at radius 1 is 1.62 bits per heavy atom. The first-order valence-corrected chi connectivity index (χ1v) is 4.51. The Hall–Kier alpha value is -0.760. The molecule has 0 atom stereocenters. The van der Waals surface area contributed by atoms with E-state index in [9.17, 15) is 4.39 Å². The van der Waals surface area contributed by atoms with Gasteiger partial charge in [0, 0.05) is 0 Å². The predicted octanol–water partition coefficient (Wildman–Crippen LogP) is 3.58. The molecule has 0 aliphatic rings. The van der Waals surface area contributed by atoms with Crippen LogP contribution >= 0.6 is 11.6 Å². The second-order valence-electron chi connectivity index (χ2n) is 2.26. The van der Waals surface area contributed by atoms with E-state index in [1.54, 1.807) is 6.08 Å². The summed E-state index contributed by atoms with van der Waals surface area (Å²) in [6, 6.07) is 0. The van der Waals surface area contributed by atoms with Gasteiger partial charge in [0.05, 0.1) is 5.03 Å². The molecule has 0 spiro atoms. The Bertz CT molecular complexity index is 209. The molecular weight excluding hydrogens is 191 g/mol. The van der Waals surface area contributed by atoms with Gasteiger partial charge in [-0.15, -0.1) is 0 Å². The average molecular weight is 205 g/mol. The van der Waals surface area contributed by atoms with Crippen molar-refractivity contribution in [2.45, 2.75) is 13.3 Å². The lowest BCUT2D eigenvalue weighted by Crippen LogP contribution is -1.95. The molecule has 0 aromatic heterocycles. The Labute approximate surface area is 83.5 Å². The zero-order valence-electron chi connectivity index (χ0n) is 7.72. The summed E-state index contributed by atoms with van der Waals surface area (Å²) in [7, 11) is 0. The molecule has 3 heteroatoms. The third kappa shape index (κ3) is 5.47. The third-order valence-electron chi connectivity index (χ3n) is 1.25. The summed E-state index contributed by atoms with van der Waals surface area (Å²) in [5.41, 5.74) is 0. The lowest BCUT2D eigenvalue weighted by molar-refractivity contribution is 0.197. The van der Waals surface area contributed by atoms with Gasteiger partial charge in [-0.3, -0.25) is 0 Å². The van der Waals surface area contributed by atoms with Crippen molar-refractivity contribution < 1.29 is 9.13 Å². The zero-order chi connectivity index (χ0) is 10.1. The van der Waals surface area contributed by atoms with Gasteiger partial charge in [-0.1, -0.05) is 31.2 Å². The maximum atomic E-state index is 11.8. The van der Waals surface area contributed by atoms with Gasteiger partial charge in [0.25, 0.3) is 0 Å². The molecule has 0 heterocycles. The SMILES string of the molecule is C=C/C(Cl)=C(\C=C/CC)OCCF. The Kier molecular flexibility index (Phi) is 7.41. The van der Waals surface area contributed by atoms with E-state index in [4.69, 9.17) is 16.3 Å². The molecule has 0 aliphatic heterocycles. The second kappa shape index (κ2) is 7.87. The van der Waals surface area contributed by atoms with Gasteiger partial charge in [0.1, 0.15) is 19.0 Å². The first-order chi connectivity index (χ1) is 6.26. The molecule has 0 aromatic rings. The smallest absolute Gasteiger partial charge is 0.137 e. The molecule has 0 aromatic carbocycles. The van der Waals surface area contributed by atoms with Crippen molar-refractivity contribution in [3.05, 3.63) is 35.6 Å². The Balaban J connectivity index is 4.36. The summed E-state index contributed by atoms with van der Waals surface area (Å²) < 4.78 is 16.9. The highest BCUT2D eigenvalue weighted by Crippen LogP contribution is 2.13. The molecule has 0 saturated heterocycles. The van der Waals surface area contributed by atoms with Crippen molar-refractivity contribution in [1.82, 2.24) is 0 Å². The van der Waals surface area contributed by atoms with Gasteiger partial charge in [0.2, 0.25) is 0 Å². The van der Waals surface area contributed by atoms with Crippen LogP contribution in [0.1, 0.15) is 13.3 Å². The number of allylic oxidation sites excluding steroid dienone is 4. The van der Waals surface area contributed by atoms with Crippen molar-refractivity contribution in [3.8, 4) is 0 Å². The minimum atomic E-state index is -0.523. The maximum Gasteiger partial charge on any atom is 0.137 e. The largest absolute Gasteiger partial charge is 0.489 e. The summed E-state index contributed by atoms with van der Waals surface area (Å²) in [4.78, 5) is 0. The molecule has 74 valence electrons. The number of rotatable bonds is 6. The van der Waals surface area contributed by atoms with Gasteiger partial charge in [-0.2, -0.15) is 0 Å². The van der Waals surface area contributed by atoms with E-state index in [2.05, 4.69) is 6.58 Å². The molecule has 0 fully saturated rings. The molecule has 0 bridgehead atoms. The van der Waals surface area contributed by atoms with E-state index < -0.39 is 6.67 Å². The molecule has 0 rings (SSSR count). The number of hydrogen-bond donors (Lipinski definition) is 0. The predicted molar refractivity (Wildman–Crippen MR) is 54.4 cm³/mol. The highest BCUT2D eigenvalue weighted by atomic mass is 35.5. The van der Waals surface area contributed by atoms with E-state index >= 15 is 0 Å². The molecule has 13 heavy (non-hydrogen) atoms. The van der Waals surface area contributed by atoms with Crippen LogP contribution in [0.5, 0.6) is 0 Å². The van der Waals surface area contributed by atoms with E-state index in [0.29, 0.717) is 10.8 Å². The molecule has 0 unspecified atom stereocenters. The molecule has 0 saturated carbocycles. The van der Waals surface area contributed by atoms with E-state index in [1.165, 1.54) is 6.08 Å². The number of halogens is 2.